The fraction of sp³-hybridized carbons (Fsp3) is 0.647. The van der Waals surface area contributed by atoms with Gasteiger partial charge in [-0.05, 0) is 49.1 Å². The number of benzene rings is 1. The Kier molecular flexibility index (Phi) is 5.35. The topological polar surface area (TPSA) is 3.24 Å². The summed E-state index contributed by atoms with van der Waals surface area (Å²) in [6.07, 6.45) is 4.02. The Morgan fingerprint density at radius 1 is 1.16 bits per heavy atom. The van der Waals surface area contributed by atoms with E-state index < -0.39 is 0 Å². The van der Waals surface area contributed by atoms with Gasteiger partial charge in [-0.25, -0.2) is 0 Å². The van der Waals surface area contributed by atoms with E-state index in [0.717, 1.165) is 12.3 Å². The molecule has 0 N–H and O–H groups in total. The first kappa shape index (κ1) is 14.9. The quantitative estimate of drug-likeness (QED) is 0.807. The van der Waals surface area contributed by atoms with Crippen molar-refractivity contribution in [3.63, 3.8) is 0 Å². The molecular formula is C17H27NS. The van der Waals surface area contributed by atoms with Crippen molar-refractivity contribution in [3.05, 3.63) is 35.9 Å². The zero-order valence-corrected chi connectivity index (χ0v) is 13.2. The standard InChI is InChI=1S/C17H27NS/c1-17(2)9-6-11-18(12-10-17)13-16(14-19)15-7-4-3-5-8-15/h3-5,7-8,16,19H,6,9-14H2,1-2H3. The molecule has 0 radical (unpaired) electrons. The van der Waals surface area contributed by atoms with Crippen molar-refractivity contribution < 1.29 is 0 Å². The predicted octanol–water partition coefficient (Wildman–Crippen LogP) is 4.21. The first-order valence-electron chi connectivity index (χ1n) is 7.49. The van der Waals surface area contributed by atoms with Crippen LogP contribution in [0.15, 0.2) is 30.3 Å². The van der Waals surface area contributed by atoms with E-state index >= 15 is 0 Å². The van der Waals surface area contributed by atoms with E-state index in [1.54, 1.807) is 0 Å². The average molecular weight is 277 g/mol. The fourth-order valence-corrected chi connectivity index (χ4v) is 3.29. The lowest BCUT2D eigenvalue weighted by atomic mass is 9.85. The number of nitrogens with zero attached hydrogens (tertiary/aromatic N) is 1. The van der Waals surface area contributed by atoms with Crippen LogP contribution in [0.2, 0.25) is 0 Å². The molecule has 1 fully saturated rings. The minimum absolute atomic E-state index is 0.526. The normalized spacial score (nSPS) is 21.8. The summed E-state index contributed by atoms with van der Waals surface area (Å²) < 4.78 is 0. The van der Waals surface area contributed by atoms with E-state index in [0.29, 0.717) is 11.3 Å². The summed E-state index contributed by atoms with van der Waals surface area (Å²) in [5.74, 6) is 1.50. The lowest BCUT2D eigenvalue weighted by molar-refractivity contribution is 0.253. The molecule has 1 aliphatic rings. The van der Waals surface area contributed by atoms with Gasteiger partial charge in [-0.1, -0.05) is 44.2 Å². The molecule has 2 heteroatoms. The highest BCUT2D eigenvalue weighted by Crippen LogP contribution is 2.30. The van der Waals surface area contributed by atoms with Gasteiger partial charge in [0.05, 0.1) is 0 Å². The van der Waals surface area contributed by atoms with E-state index in [2.05, 4.69) is 61.7 Å². The van der Waals surface area contributed by atoms with Crippen molar-refractivity contribution in [3.8, 4) is 0 Å². The second-order valence-corrected chi connectivity index (χ2v) is 6.97. The fourth-order valence-electron chi connectivity index (χ4n) is 2.97. The van der Waals surface area contributed by atoms with E-state index in [9.17, 15) is 0 Å². The molecule has 0 spiro atoms. The number of thiol groups is 1. The lowest BCUT2D eigenvalue weighted by Gasteiger charge is -2.26. The van der Waals surface area contributed by atoms with Crippen molar-refractivity contribution in [1.29, 1.82) is 0 Å². The van der Waals surface area contributed by atoms with Crippen LogP contribution in [0.3, 0.4) is 0 Å². The molecule has 0 aromatic heterocycles. The number of likely N-dealkylation sites (tertiary alicyclic amines) is 1. The van der Waals surface area contributed by atoms with Crippen LogP contribution in [0.4, 0.5) is 0 Å². The summed E-state index contributed by atoms with van der Waals surface area (Å²) in [7, 11) is 0. The SMILES string of the molecule is CC1(C)CCCN(CC(CS)c2ccccc2)CC1. The van der Waals surface area contributed by atoms with Crippen molar-refractivity contribution >= 4 is 12.6 Å². The van der Waals surface area contributed by atoms with Crippen molar-refractivity contribution in [2.45, 2.75) is 39.0 Å². The Balaban J connectivity index is 1.95. The monoisotopic (exact) mass is 277 g/mol. The molecule has 1 aromatic carbocycles. The van der Waals surface area contributed by atoms with E-state index in [1.165, 1.54) is 37.9 Å². The van der Waals surface area contributed by atoms with Gasteiger partial charge in [-0.15, -0.1) is 0 Å². The molecule has 0 amide bonds. The van der Waals surface area contributed by atoms with Gasteiger partial charge in [0.25, 0.3) is 0 Å². The molecule has 1 aromatic rings. The molecule has 106 valence electrons. The van der Waals surface area contributed by atoms with Crippen molar-refractivity contribution in [2.75, 3.05) is 25.4 Å². The van der Waals surface area contributed by atoms with Gasteiger partial charge in [-0.3, -0.25) is 0 Å². The zero-order chi connectivity index (χ0) is 13.7. The van der Waals surface area contributed by atoms with Crippen LogP contribution < -0.4 is 0 Å². The Bertz CT molecular complexity index is 374. The summed E-state index contributed by atoms with van der Waals surface area (Å²) in [6, 6.07) is 10.8. The Morgan fingerprint density at radius 3 is 2.58 bits per heavy atom. The number of hydrogen-bond donors (Lipinski definition) is 1. The smallest absolute Gasteiger partial charge is 0.00581 e. The van der Waals surface area contributed by atoms with Gasteiger partial charge in [0.1, 0.15) is 0 Å². The summed E-state index contributed by atoms with van der Waals surface area (Å²) in [5.41, 5.74) is 1.96. The maximum Gasteiger partial charge on any atom is 0.00581 e. The summed E-state index contributed by atoms with van der Waals surface area (Å²) in [4.78, 5) is 2.64. The Hall–Kier alpha value is -0.470. The Labute approximate surface area is 123 Å². The van der Waals surface area contributed by atoms with E-state index in [-0.39, 0.29) is 0 Å². The zero-order valence-electron chi connectivity index (χ0n) is 12.3. The number of rotatable bonds is 4. The third-order valence-corrected chi connectivity index (χ3v) is 4.84. The second kappa shape index (κ2) is 6.81. The van der Waals surface area contributed by atoms with Crippen molar-refractivity contribution in [1.82, 2.24) is 4.90 Å². The van der Waals surface area contributed by atoms with Crippen LogP contribution in [0.1, 0.15) is 44.6 Å². The van der Waals surface area contributed by atoms with Crippen LogP contribution >= 0.6 is 12.6 Å². The Morgan fingerprint density at radius 2 is 1.89 bits per heavy atom. The molecule has 1 saturated heterocycles. The molecule has 2 rings (SSSR count). The summed E-state index contributed by atoms with van der Waals surface area (Å²) >= 11 is 4.56. The van der Waals surface area contributed by atoms with Gasteiger partial charge in [0.2, 0.25) is 0 Å². The largest absolute Gasteiger partial charge is 0.303 e. The summed E-state index contributed by atoms with van der Waals surface area (Å²) in [5, 5.41) is 0. The minimum Gasteiger partial charge on any atom is -0.303 e. The third-order valence-electron chi connectivity index (χ3n) is 4.40. The maximum atomic E-state index is 4.56. The van der Waals surface area contributed by atoms with Crippen LogP contribution in [0.25, 0.3) is 0 Å². The maximum absolute atomic E-state index is 4.56. The third kappa shape index (κ3) is 4.54. The highest BCUT2D eigenvalue weighted by atomic mass is 32.1. The first-order valence-corrected chi connectivity index (χ1v) is 8.12. The molecule has 1 aliphatic heterocycles. The van der Waals surface area contributed by atoms with Crippen LogP contribution in [-0.2, 0) is 0 Å². The molecule has 1 unspecified atom stereocenters. The van der Waals surface area contributed by atoms with Crippen LogP contribution in [0, 0.1) is 5.41 Å². The van der Waals surface area contributed by atoms with E-state index in [1.807, 2.05) is 0 Å². The molecule has 1 nitrogen and oxygen atoms in total. The van der Waals surface area contributed by atoms with Gasteiger partial charge in [0, 0.05) is 12.5 Å². The molecular weight excluding hydrogens is 250 g/mol. The number of hydrogen-bond acceptors (Lipinski definition) is 2. The molecule has 0 bridgehead atoms. The van der Waals surface area contributed by atoms with Crippen LogP contribution in [-0.4, -0.2) is 30.3 Å². The highest BCUT2D eigenvalue weighted by Gasteiger charge is 2.24. The van der Waals surface area contributed by atoms with Gasteiger partial charge < -0.3 is 4.90 Å². The van der Waals surface area contributed by atoms with Gasteiger partial charge in [0.15, 0.2) is 0 Å². The van der Waals surface area contributed by atoms with Crippen molar-refractivity contribution in [2.24, 2.45) is 5.41 Å². The molecule has 1 atom stereocenters. The predicted molar refractivity (Wildman–Crippen MR) is 87.1 cm³/mol. The molecule has 19 heavy (non-hydrogen) atoms. The highest BCUT2D eigenvalue weighted by molar-refractivity contribution is 7.80. The second-order valence-electron chi connectivity index (χ2n) is 6.61. The lowest BCUT2D eigenvalue weighted by Crippen LogP contribution is -2.30. The van der Waals surface area contributed by atoms with Gasteiger partial charge in [-0.2, -0.15) is 12.6 Å². The molecule has 1 heterocycles. The van der Waals surface area contributed by atoms with Gasteiger partial charge >= 0.3 is 0 Å². The minimum atomic E-state index is 0.526. The van der Waals surface area contributed by atoms with E-state index in [4.69, 9.17) is 0 Å². The average Bonchev–Trinajstić information content (AvgIpc) is 2.58. The summed E-state index contributed by atoms with van der Waals surface area (Å²) in [6.45, 7) is 8.46. The van der Waals surface area contributed by atoms with Crippen LogP contribution in [0.5, 0.6) is 0 Å². The molecule has 0 saturated carbocycles. The first-order chi connectivity index (χ1) is 9.11. The molecule has 0 aliphatic carbocycles.